The van der Waals surface area contributed by atoms with Crippen LogP contribution in [-0.4, -0.2) is 15.9 Å². The molecule has 0 spiro atoms. The molecule has 0 aliphatic carbocycles. The van der Waals surface area contributed by atoms with Crippen molar-refractivity contribution in [3.8, 4) is 11.4 Å². The van der Waals surface area contributed by atoms with Gasteiger partial charge in [-0.15, -0.1) is 0 Å². The molecule has 4 rings (SSSR count). The number of halogens is 1. The molecule has 0 bridgehead atoms. The van der Waals surface area contributed by atoms with Gasteiger partial charge in [0, 0.05) is 11.3 Å². The molecule has 0 fully saturated rings. The van der Waals surface area contributed by atoms with Crippen molar-refractivity contribution in [2.45, 2.75) is 6.92 Å². The number of amides is 1. The molecule has 0 atom stereocenters. The zero-order valence-corrected chi connectivity index (χ0v) is 14.1. The van der Waals surface area contributed by atoms with Crippen LogP contribution in [-0.2, 0) is 0 Å². The van der Waals surface area contributed by atoms with E-state index in [9.17, 15) is 9.18 Å². The van der Waals surface area contributed by atoms with Crippen LogP contribution in [0.15, 0.2) is 66.7 Å². The maximum Gasteiger partial charge on any atom is 0.258 e. The summed E-state index contributed by atoms with van der Waals surface area (Å²) in [5.41, 5.74) is 4.23. The number of nitrogens with zero attached hydrogens (tertiary/aromatic N) is 1. The summed E-state index contributed by atoms with van der Waals surface area (Å²) in [5, 5.41) is 2.72. The first kappa shape index (κ1) is 16.0. The van der Waals surface area contributed by atoms with Gasteiger partial charge in [-0.3, -0.25) is 4.79 Å². The fraction of sp³-hybridized carbons (Fsp3) is 0.0476. The second-order valence-electron chi connectivity index (χ2n) is 6.12. The van der Waals surface area contributed by atoms with Gasteiger partial charge in [0.15, 0.2) is 0 Å². The molecule has 1 amide bonds. The Kier molecular flexibility index (Phi) is 3.97. The highest BCUT2D eigenvalue weighted by Gasteiger charge is 2.12. The summed E-state index contributed by atoms with van der Waals surface area (Å²) in [6, 6.07) is 19.5. The van der Waals surface area contributed by atoms with Crippen LogP contribution in [0, 0.1) is 12.7 Å². The minimum absolute atomic E-state index is 0.0337. The van der Waals surface area contributed by atoms with Gasteiger partial charge in [0.2, 0.25) is 0 Å². The van der Waals surface area contributed by atoms with Crippen LogP contribution in [0.1, 0.15) is 15.9 Å². The number of aryl methyl sites for hydroxylation is 1. The van der Waals surface area contributed by atoms with E-state index in [2.05, 4.69) is 15.3 Å². The van der Waals surface area contributed by atoms with Crippen molar-refractivity contribution in [3.63, 3.8) is 0 Å². The molecule has 1 heterocycles. The van der Waals surface area contributed by atoms with Gasteiger partial charge in [0.1, 0.15) is 11.6 Å². The maximum absolute atomic E-state index is 13.8. The number of carbonyl (C=O) groups is 1. The number of benzene rings is 3. The van der Waals surface area contributed by atoms with Crippen LogP contribution in [0.4, 0.5) is 10.1 Å². The van der Waals surface area contributed by atoms with Gasteiger partial charge in [-0.2, -0.15) is 0 Å². The lowest BCUT2D eigenvalue weighted by Gasteiger charge is -2.07. The first-order valence-corrected chi connectivity index (χ1v) is 8.23. The second kappa shape index (κ2) is 6.44. The third-order valence-electron chi connectivity index (χ3n) is 4.17. The van der Waals surface area contributed by atoms with Gasteiger partial charge in [-0.1, -0.05) is 23.8 Å². The molecule has 0 radical (unpaired) electrons. The summed E-state index contributed by atoms with van der Waals surface area (Å²) in [6.45, 7) is 1.82. The van der Waals surface area contributed by atoms with Crippen LogP contribution in [0.2, 0.25) is 0 Å². The van der Waals surface area contributed by atoms with E-state index in [-0.39, 0.29) is 5.56 Å². The van der Waals surface area contributed by atoms with Gasteiger partial charge in [-0.25, -0.2) is 9.37 Å². The molecule has 0 unspecified atom stereocenters. The van der Waals surface area contributed by atoms with E-state index >= 15 is 0 Å². The van der Waals surface area contributed by atoms with Gasteiger partial charge in [0.25, 0.3) is 5.91 Å². The Morgan fingerprint density at radius 3 is 2.58 bits per heavy atom. The lowest BCUT2D eigenvalue weighted by molar-refractivity contribution is 0.102. The normalized spacial score (nSPS) is 10.8. The third kappa shape index (κ3) is 3.07. The number of aromatic nitrogens is 2. The highest BCUT2D eigenvalue weighted by atomic mass is 19.1. The monoisotopic (exact) mass is 345 g/mol. The van der Waals surface area contributed by atoms with Gasteiger partial charge < -0.3 is 10.3 Å². The number of aromatic amines is 1. The maximum atomic E-state index is 13.8. The van der Waals surface area contributed by atoms with Crippen molar-refractivity contribution in [2.24, 2.45) is 0 Å². The summed E-state index contributed by atoms with van der Waals surface area (Å²) >= 11 is 0. The Hall–Kier alpha value is -3.47. The molecule has 26 heavy (non-hydrogen) atoms. The Balaban J connectivity index is 1.56. The smallest absolute Gasteiger partial charge is 0.258 e. The van der Waals surface area contributed by atoms with Crippen molar-refractivity contribution >= 4 is 22.6 Å². The predicted octanol–water partition coefficient (Wildman–Crippen LogP) is 4.93. The Labute approximate surface area is 149 Å². The Bertz CT molecular complexity index is 1070. The molecule has 1 aromatic heterocycles. The Morgan fingerprint density at radius 1 is 1.04 bits per heavy atom. The number of para-hydroxylation sites is 2. The first-order chi connectivity index (χ1) is 12.6. The van der Waals surface area contributed by atoms with Crippen LogP contribution in [0.5, 0.6) is 0 Å². The minimum Gasteiger partial charge on any atom is -0.338 e. The van der Waals surface area contributed by atoms with Crippen LogP contribution in [0.25, 0.3) is 22.4 Å². The van der Waals surface area contributed by atoms with Crippen molar-refractivity contribution in [2.75, 3.05) is 5.32 Å². The minimum atomic E-state index is -0.535. The number of nitrogens with one attached hydrogen (secondary N) is 2. The zero-order valence-electron chi connectivity index (χ0n) is 14.1. The van der Waals surface area contributed by atoms with Crippen LogP contribution >= 0.6 is 0 Å². The number of hydrogen-bond acceptors (Lipinski definition) is 2. The largest absolute Gasteiger partial charge is 0.338 e. The number of fused-ring (bicyclic) bond motifs is 1. The summed E-state index contributed by atoms with van der Waals surface area (Å²) in [4.78, 5) is 20.1. The van der Waals surface area contributed by atoms with E-state index in [1.165, 1.54) is 12.1 Å². The second-order valence-corrected chi connectivity index (χ2v) is 6.12. The highest BCUT2D eigenvalue weighted by Crippen LogP contribution is 2.22. The van der Waals surface area contributed by atoms with Crippen molar-refractivity contribution in [1.82, 2.24) is 9.97 Å². The number of hydrogen-bond donors (Lipinski definition) is 2. The molecule has 0 saturated carbocycles. The van der Waals surface area contributed by atoms with Crippen molar-refractivity contribution < 1.29 is 9.18 Å². The van der Waals surface area contributed by atoms with E-state index in [0.717, 1.165) is 28.0 Å². The first-order valence-electron chi connectivity index (χ1n) is 8.23. The number of H-pyrrole nitrogens is 1. The standard InChI is InChI=1S/C21H16FN3O/c1-13-6-11-17(22)16(12-13)21(26)23-15-9-7-14(8-10-15)20-24-18-4-2-3-5-19(18)25-20/h2-12H,1H3,(H,23,26)(H,24,25). The van der Waals surface area contributed by atoms with Gasteiger partial charge in [-0.05, 0) is 55.5 Å². The lowest BCUT2D eigenvalue weighted by atomic mass is 10.1. The summed E-state index contributed by atoms with van der Waals surface area (Å²) in [6.07, 6.45) is 0. The topological polar surface area (TPSA) is 57.8 Å². The fourth-order valence-corrected chi connectivity index (χ4v) is 2.81. The molecule has 2 N–H and O–H groups in total. The van der Waals surface area contributed by atoms with E-state index < -0.39 is 11.7 Å². The summed E-state index contributed by atoms with van der Waals surface area (Å²) in [5.74, 6) is -0.247. The average molecular weight is 345 g/mol. The highest BCUT2D eigenvalue weighted by molar-refractivity contribution is 6.04. The molecule has 128 valence electrons. The van der Waals surface area contributed by atoms with E-state index in [1.807, 2.05) is 43.3 Å². The predicted molar refractivity (Wildman–Crippen MR) is 101 cm³/mol. The molecular formula is C21H16FN3O. The SMILES string of the molecule is Cc1ccc(F)c(C(=O)Nc2ccc(-c3nc4ccccc4[nH]3)cc2)c1. The Morgan fingerprint density at radius 2 is 1.81 bits per heavy atom. The average Bonchev–Trinajstić information content (AvgIpc) is 3.08. The molecule has 4 nitrogen and oxygen atoms in total. The molecular weight excluding hydrogens is 329 g/mol. The van der Waals surface area contributed by atoms with Gasteiger partial charge in [0.05, 0.1) is 16.6 Å². The molecule has 5 heteroatoms. The van der Waals surface area contributed by atoms with Gasteiger partial charge >= 0.3 is 0 Å². The zero-order chi connectivity index (χ0) is 18.1. The number of carbonyl (C=O) groups excluding carboxylic acids is 1. The third-order valence-corrected chi connectivity index (χ3v) is 4.17. The summed E-state index contributed by atoms with van der Waals surface area (Å²) < 4.78 is 13.8. The number of imidazole rings is 1. The summed E-state index contributed by atoms with van der Waals surface area (Å²) in [7, 11) is 0. The molecule has 0 aliphatic rings. The quantitative estimate of drug-likeness (QED) is 0.553. The van der Waals surface area contributed by atoms with E-state index in [1.54, 1.807) is 18.2 Å². The van der Waals surface area contributed by atoms with Crippen LogP contribution < -0.4 is 5.32 Å². The number of anilines is 1. The molecule has 0 aliphatic heterocycles. The lowest BCUT2D eigenvalue weighted by Crippen LogP contribution is -2.13. The molecule has 0 saturated heterocycles. The molecule has 4 aromatic rings. The van der Waals surface area contributed by atoms with E-state index in [4.69, 9.17) is 0 Å². The fourth-order valence-electron chi connectivity index (χ4n) is 2.81. The number of rotatable bonds is 3. The van der Waals surface area contributed by atoms with E-state index in [0.29, 0.717) is 5.69 Å². The van der Waals surface area contributed by atoms with Crippen molar-refractivity contribution in [1.29, 1.82) is 0 Å². The molecule has 3 aromatic carbocycles. The van der Waals surface area contributed by atoms with Crippen molar-refractivity contribution in [3.05, 3.63) is 83.7 Å². The van der Waals surface area contributed by atoms with Crippen LogP contribution in [0.3, 0.4) is 0 Å².